The molecule has 1 aliphatic carbocycles. The van der Waals surface area contributed by atoms with Gasteiger partial charge in [0.15, 0.2) is 5.69 Å². The second-order valence-corrected chi connectivity index (χ2v) is 5.87. The lowest BCUT2D eigenvalue weighted by atomic mass is 10.2. The molecule has 0 aromatic carbocycles. The monoisotopic (exact) mass is 301 g/mol. The number of anilines is 1. The zero-order chi connectivity index (χ0) is 15.9. The highest BCUT2D eigenvalue weighted by atomic mass is 16.5. The summed E-state index contributed by atoms with van der Waals surface area (Å²) in [4.78, 5) is 28.6. The van der Waals surface area contributed by atoms with Crippen LogP contribution < -0.4 is 5.32 Å². The maximum atomic E-state index is 12.2. The van der Waals surface area contributed by atoms with E-state index >= 15 is 0 Å². The van der Waals surface area contributed by atoms with Gasteiger partial charge in [-0.15, -0.1) is 0 Å². The van der Waals surface area contributed by atoms with Crippen molar-refractivity contribution in [1.82, 2.24) is 9.55 Å². The van der Waals surface area contributed by atoms with Gasteiger partial charge in [0.1, 0.15) is 5.65 Å². The predicted molar refractivity (Wildman–Crippen MR) is 82.6 cm³/mol. The maximum absolute atomic E-state index is 12.2. The molecule has 6 nitrogen and oxygen atoms in total. The fraction of sp³-hybridized carbons (Fsp3) is 0.438. The molecule has 0 aliphatic heterocycles. The van der Waals surface area contributed by atoms with Crippen molar-refractivity contribution in [3.63, 3.8) is 0 Å². The standard InChI is InChI=1S/C16H19N3O3/c1-9-7-10(9)8-12(20)18-13-11-5-4-6-17-15(11)19(2)14(13)16(21)22-3/h4-6,9-10H,7-8H2,1-3H3,(H,18,20). The molecule has 2 unspecified atom stereocenters. The Balaban J connectivity index is 1.98. The number of fused-ring (bicyclic) bond motifs is 1. The van der Waals surface area contributed by atoms with Crippen molar-refractivity contribution in [1.29, 1.82) is 0 Å². The van der Waals surface area contributed by atoms with Crippen molar-refractivity contribution in [2.24, 2.45) is 18.9 Å². The second-order valence-electron chi connectivity index (χ2n) is 5.87. The number of methoxy groups -OCH3 is 1. The topological polar surface area (TPSA) is 73.2 Å². The Morgan fingerprint density at radius 1 is 1.50 bits per heavy atom. The molecule has 1 saturated carbocycles. The Hall–Kier alpha value is -2.37. The van der Waals surface area contributed by atoms with Gasteiger partial charge in [-0.3, -0.25) is 4.79 Å². The van der Waals surface area contributed by atoms with Crippen LogP contribution in [0.1, 0.15) is 30.3 Å². The molecule has 2 aromatic rings. The number of aromatic nitrogens is 2. The van der Waals surface area contributed by atoms with E-state index in [1.807, 2.05) is 6.07 Å². The zero-order valence-electron chi connectivity index (χ0n) is 12.9. The molecule has 116 valence electrons. The number of amides is 1. The van der Waals surface area contributed by atoms with Crippen LogP contribution in [0.3, 0.4) is 0 Å². The lowest BCUT2D eigenvalue weighted by Gasteiger charge is -2.07. The van der Waals surface area contributed by atoms with Gasteiger partial charge in [-0.1, -0.05) is 6.92 Å². The first-order valence-corrected chi connectivity index (χ1v) is 7.34. The van der Waals surface area contributed by atoms with Crippen LogP contribution in [0, 0.1) is 11.8 Å². The molecule has 22 heavy (non-hydrogen) atoms. The van der Waals surface area contributed by atoms with Crippen molar-refractivity contribution in [3.8, 4) is 0 Å². The van der Waals surface area contributed by atoms with E-state index in [0.29, 0.717) is 35.3 Å². The molecule has 2 heterocycles. The Labute approximate surface area is 128 Å². The van der Waals surface area contributed by atoms with E-state index in [9.17, 15) is 9.59 Å². The number of pyridine rings is 1. The van der Waals surface area contributed by atoms with Crippen LogP contribution in [0.25, 0.3) is 11.0 Å². The summed E-state index contributed by atoms with van der Waals surface area (Å²) in [6, 6.07) is 3.62. The maximum Gasteiger partial charge on any atom is 0.356 e. The summed E-state index contributed by atoms with van der Waals surface area (Å²) >= 11 is 0. The summed E-state index contributed by atoms with van der Waals surface area (Å²) in [6.45, 7) is 2.14. The Kier molecular flexibility index (Phi) is 3.60. The molecule has 0 spiro atoms. The summed E-state index contributed by atoms with van der Waals surface area (Å²) in [5.41, 5.74) is 1.43. The summed E-state index contributed by atoms with van der Waals surface area (Å²) < 4.78 is 6.49. The first-order valence-electron chi connectivity index (χ1n) is 7.34. The summed E-state index contributed by atoms with van der Waals surface area (Å²) in [6.07, 6.45) is 3.23. The number of hydrogen-bond donors (Lipinski definition) is 1. The molecule has 2 atom stereocenters. The number of hydrogen-bond acceptors (Lipinski definition) is 4. The first-order chi connectivity index (χ1) is 10.5. The normalized spacial score (nSPS) is 20.0. The highest BCUT2D eigenvalue weighted by molar-refractivity contribution is 6.10. The quantitative estimate of drug-likeness (QED) is 0.880. The predicted octanol–water partition coefficient (Wildman–Crippen LogP) is 2.34. The van der Waals surface area contributed by atoms with Crippen LogP contribution in [-0.4, -0.2) is 28.5 Å². The lowest BCUT2D eigenvalue weighted by Crippen LogP contribution is -2.16. The van der Waals surface area contributed by atoms with Crippen molar-refractivity contribution < 1.29 is 14.3 Å². The van der Waals surface area contributed by atoms with Gasteiger partial charge in [-0.2, -0.15) is 0 Å². The largest absolute Gasteiger partial charge is 0.464 e. The zero-order valence-corrected chi connectivity index (χ0v) is 12.9. The van der Waals surface area contributed by atoms with E-state index in [4.69, 9.17) is 4.74 Å². The molecular formula is C16H19N3O3. The minimum Gasteiger partial charge on any atom is -0.464 e. The third kappa shape index (κ3) is 2.45. The second kappa shape index (κ2) is 5.44. The van der Waals surface area contributed by atoms with Crippen LogP contribution in [0.4, 0.5) is 5.69 Å². The molecule has 0 bridgehead atoms. The highest BCUT2D eigenvalue weighted by Crippen LogP contribution is 2.41. The van der Waals surface area contributed by atoms with Crippen molar-refractivity contribution >= 4 is 28.6 Å². The smallest absolute Gasteiger partial charge is 0.356 e. The van der Waals surface area contributed by atoms with E-state index in [1.54, 1.807) is 23.9 Å². The van der Waals surface area contributed by atoms with Gasteiger partial charge in [-0.05, 0) is 30.4 Å². The minimum atomic E-state index is -0.490. The number of esters is 1. The van der Waals surface area contributed by atoms with Gasteiger partial charge < -0.3 is 14.6 Å². The third-order valence-electron chi connectivity index (χ3n) is 4.31. The Bertz CT molecular complexity index is 750. The van der Waals surface area contributed by atoms with Crippen LogP contribution >= 0.6 is 0 Å². The van der Waals surface area contributed by atoms with Gasteiger partial charge >= 0.3 is 5.97 Å². The molecule has 1 amide bonds. The SMILES string of the molecule is COC(=O)c1c(NC(=O)CC2CC2C)c2cccnc2n1C. The molecule has 3 rings (SSSR count). The number of rotatable bonds is 4. The average molecular weight is 301 g/mol. The number of nitrogens with zero attached hydrogens (tertiary/aromatic N) is 2. The third-order valence-corrected chi connectivity index (χ3v) is 4.31. The molecule has 1 aliphatic rings. The lowest BCUT2D eigenvalue weighted by molar-refractivity contribution is -0.116. The molecule has 1 N–H and O–H groups in total. The molecule has 2 aromatic heterocycles. The molecule has 1 fully saturated rings. The molecule has 0 saturated heterocycles. The molecule has 0 radical (unpaired) electrons. The van der Waals surface area contributed by atoms with Crippen molar-refractivity contribution in [3.05, 3.63) is 24.0 Å². The Morgan fingerprint density at radius 3 is 2.86 bits per heavy atom. The average Bonchev–Trinajstić information content (AvgIpc) is 3.12. The summed E-state index contributed by atoms with van der Waals surface area (Å²) in [7, 11) is 3.06. The summed E-state index contributed by atoms with van der Waals surface area (Å²) in [5.74, 6) is 0.501. The van der Waals surface area contributed by atoms with E-state index in [2.05, 4.69) is 17.2 Å². The van der Waals surface area contributed by atoms with Gasteiger partial charge in [-0.25, -0.2) is 9.78 Å². The van der Waals surface area contributed by atoms with E-state index < -0.39 is 5.97 Å². The van der Waals surface area contributed by atoms with Crippen LogP contribution in [0.5, 0.6) is 0 Å². The van der Waals surface area contributed by atoms with E-state index in [-0.39, 0.29) is 5.91 Å². The van der Waals surface area contributed by atoms with Crippen LogP contribution in [0.2, 0.25) is 0 Å². The van der Waals surface area contributed by atoms with Crippen LogP contribution in [0.15, 0.2) is 18.3 Å². The highest BCUT2D eigenvalue weighted by Gasteiger charge is 2.34. The fourth-order valence-electron chi connectivity index (χ4n) is 2.83. The van der Waals surface area contributed by atoms with Crippen LogP contribution in [-0.2, 0) is 16.6 Å². The first kappa shape index (κ1) is 14.6. The van der Waals surface area contributed by atoms with Gasteiger partial charge in [0, 0.05) is 25.1 Å². The van der Waals surface area contributed by atoms with E-state index in [0.717, 1.165) is 11.8 Å². The molecular weight excluding hydrogens is 282 g/mol. The van der Waals surface area contributed by atoms with Crippen molar-refractivity contribution in [2.45, 2.75) is 19.8 Å². The van der Waals surface area contributed by atoms with E-state index in [1.165, 1.54) is 7.11 Å². The number of carbonyl (C=O) groups excluding carboxylic acids is 2. The Morgan fingerprint density at radius 2 is 2.23 bits per heavy atom. The number of nitrogens with one attached hydrogen (secondary N) is 1. The molecule has 6 heteroatoms. The van der Waals surface area contributed by atoms with Gasteiger partial charge in [0.25, 0.3) is 0 Å². The van der Waals surface area contributed by atoms with Gasteiger partial charge in [0.2, 0.25) is 5.91 Å². The summed E-state index contributed by atoms with van der Waals surface area (Å²) in [5, 5.41) is 3.62. The van der Waals surface area contributed by atoms with Gasteiger partial charge in [0.05, 0.1) is 12.8 Å². The fourth-order valence-corrected chi connectivity index (χ4v) is 2.83. The minimum absolute atomic E-state index is 0.0733. The van der Waals surface area contributed by atoms with Crippen molar-refractivity contribution in [2.75, 3.05) is 12.4 Å². The number of carbonyl (C=O) groups is 2. The number of aryl methyl sites for hydroxylation is 1. The number of ether oxygens (including phenoxy) is 1.